The second-order valence-corrected chi connectivity index (χ2v) is 6.48. The van der Waals surface area contributed by atoms with E-state index in [4.69, 9.17) is 10.00 Å². The van der Waals surface area contributed by atoms with Crippen LogP contribution >= 0.6 is 0 Å². The lowest BCUT2D eigenvalue weighted by molar-refractivity contribution is -0.130. The second-order valence-electron chi connectivity index (χ2n) is 6.48. The lowest BCUT2D eigenvalue weighted by Crippen LogP contribution is -2.37. The molecule has 1 unspecified atom stereocenters. The number of nitrogens with one attached hydrogen (secondary N) is 1. The van der Waals surface area contributed by atoms with Gasteiger partial charge in [0.1, 0.15) is 0 Å². The number of hydrogen-bond donors (Lipinski definition) is 2. The number of amides is 1. The van der Waals surface area contributed by atoms with Crippen molar-refractivity contribution in [3.8, 4) is 6.07 Å². The highest BCUT2D eigenvalue weighted by molar-refractivity contribution is 6.07. The van der Waals surface area contributed by atoms with Gasteiger partial charge in [-0.2, -0.15) is 5.26 Å². The second kappa shape index (κ2) is 6.50. The van der Waals surface area contributed by atoms with E-state index < -0.39 is 11.5 Å². The van der Waals surface area contributed by atoms with E-state index in [-0.39, 0.29) is 5.69 Å². The fourth-order valence-corrected chi connectivity index (χ4v) is 3.36. The molecule has 0 aliphatic carbocycles. The highest BCUT2D eigenvalue weighted by atomic mass is 16.5. The van der Waals surface area contributed by atoms with Crippen LogP contribution in [0.1, 0.15) is 22.4 Å². The Bertz CT molecular complexity index is 885. The molecular weight excluding hydrogens is 332 g/mol. The van der Waals surface area contributed by atoms with E-state index in [0.29, 0.717) is 16.8 Å². The molecule has 0 bridgehead atoms. The summed E-state index contributed by atoms with van der Waals surface area (Å²) in [7, 11) is 0. The predicted molar refractivity (Wildman–Crippen MR) is 93.1 cm³/mol. The van der Waals surface area contributed by atoms with Gasteiger partial charge in [-0.1, -0.05) is 6.07 Å². The fraction of sp³-hybridized carbons (Fsp3) is 0.316. The number of aliphatic hydroxyl groups is 1. The van der Waals surface area contributed by atoms with Crippen LogP contribution in [0, 0.1) is 11.3 Å². The van der Waals surface area contributed by atoms with Gasteiger partial charge in [0, 0.05) is 37.1 Å². The van der Waals surface area contributed by atoms with Gasteiger partial charge in [-0.15, -0.1) is 0 Å². The minimum Gasteiger partial charge on any atom is -0.379 e. The molecule has 2 aliphatic heterocycles. The van der Waals surface area contributed by atoms with Gasteiger partial charge in [0.15, 0.2) is 0 Å². The van der Waals surface area contributed by atoms with Crippen molar-refractivity contribution in [1.82, 2.24) is 9.88 Å². The number of rotatable bonds is 3. The van der Waals surface area contributed by atoms with Crippen LogP contribution in [0.4, 0.5) is 5.69 Å². The quantitative estimate of drug-likeness (QED) is 0.856. The van der Waals surface area contributed by atoms with Crippen molar-refractivity contribution < 1.29 is 14.6 Å². The number of carbonyl (C=O) groups is 1. The lowest BCUT2D eigenvalue weighted by Gasteiger charge is -2.26. The number of anilines is 1. The minimum atomic E-state index is -1.89. The lowest BCUT2D eigenvalue weighted by atomic mass is 9.90. The van der Waals surface area contributed by atoms with E-state index in [9.17, 15) is 9.90 Å². The average Bonchev–Trinajstić information content (AvgIpc) is 2.94. The Morgan fingerprint density at radius 1 is 1.31 bits per heavy atom. The van der Waals surface area contributed by atoms with E-state index in [2.05, 4.69) is 15.2 Å². The molecule has 0 spiro atoms. The zero-order chi connectivity index (χ0) is 18.1. The molecule has 0 saturated carbocycles. The van der Waals surface area contributed by atoms with Crippen LogP contribution < -0.4 is 5.32 Å². The van der Waals surface area contributed by atoms with Crippen molar-refractivity contribution in [3.05, 3.63) is 58.9 Å². The van der Waals surface area contributed by atoms with Gasteiger partial charge in [0.25, 0.3) is 5.91 Å². The first-order valence-electron chi connectivity index (χ1n) is 8.45. The molecule has 1 aromatic heterocycles. The van der Waals surface area contributed by atoms with Gasteiger partial charge in [0.05, 0.1) is 30.5 Å². The molecule has 7 heteroatoms. The van der Waals surface area contributed by atoms with Crippen molar-refractivity contribution in [3.63, 3.8) is 0 Å². The summed E-state index contributed by atoms with van der Waals surface area (Å²) in [6.07, 6.45) is 1.68. The third-order valence-electron chi connectivity index (χ3n) is 4.82. The number of hydrogen-bond acceptors (Lipinski definition) is 6. The predicted octanol–water partition coefficient (Wildman–Crippen LogP) is 0.973. The van der Waals surface area contributed by atoms with E-state index in [0.717, 1.165) is 38.4 Å². The minimum absolute atomic E-state index is 0.245. The zero-order valence-electron chi connectivity index (χ0n) is 14.1. The van der Waals surface area contributed by atoms with Crippen LogP contribution in [-0.4, -0.2) is 47.2 Å². The van der Waals surface area contributed by atoms with E-state index in [1.165, 1.54) is 6.07 Å². The van der Waals surface area contributed by atoms with Gasteiger partial charge >= 0.3 is 0 Å². The number of morpholine rings is 1. The molecule has 1 saturated heterocycles. The summed E-state index contributed by atoms with van der Waals surface area (Å²) in [5, 5.41) is 22.9. The van der Waals surface area contributed by atoms with Crippen LogP contribution in [-0.2, 0) is 21.7 Å². The molecular formula is C19H18N4O3. The van der Waals surface area contributed by atoms with E-state index in [1.807, 2.05) is 12.1 Å². The summed E-state index contributed by atoms with van der Waals surface area (Å²) in [5.41, 5.74) is 0.589. The topological polar surface area (TPSA) is 98.5 Å². The molecule has 1 amide bonds. The highest BCUT2D eigenvalue weighted by Gasteiger charge is 2.48. The molecule has 2 N–H and O–H groups in total. The number of pyridine rings is 1. The maximum atomic E-state index is 12.4. The van der Waals surface area contributed by atoms with Gasteiger partial charge < -0.3 is 15.2 Å². The first kappa shape index (κ1) is 16.7. The molecule has 1 aromatic carbocycles. The Balaban J connectivity index is 1.63. The summed E-state index contributed by atoms with van der Waals surface area (Å²) in [6.45, 7) is 3.94. The Labute approximate surface area is 150 Å². The normalized spacial score (nSPS) is 22.5. The maximum Gasteiger partial charge on any atom is 0.267 e. The molecule has 1 fully saturated rings. The highest BCUT2D eigenvalue weighted by Crippen LogP contribution is 2.40. The molecule has 7 nitrogen and oxygen atoms in total. The number of carbonyl (C=O) groups excluding carboxylic acids is 1. The van der Waals surface area contributed by atoms with Crippen LogP contribution in [0.25, 0.3) is 0 Å². The van der Waals surface area contributed by atoms with Gasteiger partial charge in [-0.05, 0) is 29.8 Å². The molecule has 26 heavy (non-hydrogen) atoms. The SMILES string of the molecule is N#Cc1ccc2c(c1)C(O)(c1ccc(CN3CCOCC3)cn1)C(=O)N2. The van der Waals surface area contributed by atoms with E-state index >= 15 is 0 Å². The Hall–Kier alpha value is -2.79. The van der Waals surface area contributed by atoms with Crippen molar-refractivity contribution in [2.24, 2.45) is 0 Å². The molecule has 3 heterocycles. The number of aromatic nitrogens is 1. The third kappa shape index (κ3) is 2.74. The largest absolute Gasteiger partial charge is 0.379 e. The zero-order valence-corrected chi connectivity index (χ0v) is 14.1. The number of nitrogens with zero attached hydrogens (tertiary/aromatic N) is 3. The summed E-state index contributed by atoms with van der Waals surface area (Å²) in [6, 6.07) is 10.3. The van der Waals surface area contributed by atoms with E-state index in [1.54, 1.807) is 24.4 Å². The maximum absolute atomic E-state index is 12.4. The molecule has 132 valence electrons. The first-order chi connectivity index (χ1) is 12.6. The van der Waals surface area contributed by atoms with Crippen LogP contribution in [0.5, 0.6) is 0 Å². The molecule has 4 rings (SSSR count). The third-order valence-corrected chi connectivity index (χ3v) is 4.82. The van der Waals surface area contributed by atoms with Crippen LogP contribution in [0.3, 0.4) is 0 Å². The standard InChI is InChI=1S/C19H18N4O3/c20-10-13-1-3-16-15(9-13)19(25,18(24)22-16)17-4-2-14(11-21-17)12-23-5-7-26-8-6-23/h1-4,9,11,25H,5-8,12H2,(H,22,24). The van der Waals surface area contributed by atoms with Crippen LogP contribution in [0.15, 0.2) is 36.5 Å². The van der Waals surface area contributed by atoms with Gasteiger partial charge in [-0.3, -0.25) is 14.7 Å². The summed E-state index contributed by atoms with van der Waals surface area (Å²) in [4.78, 5) is 19.1. The number of ether oxygens (including phenoxy) is 1. The van der Waals surface area contributed by atoms with Gasteiger partial charge in [0.2, 0.25) is 5.60 Å². The van der Waals surface area contributed by atoms with Crippen LogP contribution in [0.2, 0.25) is 0 Å². The molecule has 0 radical (unpaired) electrons. The summed E-state index contributed by atoms with van der Waals surface area (Å²) < 4.78 is 5.34. The smallest absolute Gasteiger partial charge is 0.267 e. The molecule has 2 aromatic rings. The molecule has 2 aliphatic rings. The molecule has 1 atom stereocenters. The van der Waals surface area contributed by atoms with Crippen molar-refractivity contribution in [2.75, 3.05) is 31.6 Å². The number of fused-ring (bicyclic) bond motifs is 1. The van der Waals surface area contributed by atoms with Crippen molar-refractivity contribution in [2.45, 2.75) is 12.1 Å². The van der Waals surface area contributed by atoms with Gasteiger partial charge in [-0.25, -0.2) is 0 Å². The Morgan fingerprint density at radius 2 is 2.12 bits per heavy atom. The Morgan fingerprint density at radius 3 is 2.81 bits per heavy atom. The first-order valence-corrected chi connectivity index (χ1v) is 8.45. The summed E-state index contributed by atoms with van der Waals surface area (Å²) >= 11 is 0. The van der Waals surface area contributed by atoms with Crippen molar-refractivity contribution in [1.29, 1.82) is 5.26 Å². The number of benzene rings is 1. The van der Waals surface area contributed by atoms with Crippen molar-refractivity contribution >= 4 is 11.6 Å². The fourth-order valence-electron chi connectivity index (χ4n) is 3.36. The number of nitriles is 1. The average molecular weight is 350 g/mol. The summed E-state index contributed by atoms with van der Waals surface area (Å²) in [5.74, 6) is -0.559. The Kier molecular flexibility index (Phi) is 4.17. The monoisotopic (exact) mass is 350 g/mol.